The zero-order chi connectivity index (χ0) is 14.6. The number of hydrogen-bond donors (Lipinski definition) is 1. The number of hydrogen-bond acceptors (Lipinski definition) is 3. The Bertz CT molecular complexity index is 305. The lowest BCUT2D eigenvalue weighted by Crippen LogP contribution is -2.44. The van der Waals surface area contributed by atoms with Gasteiger partial charge in [0, 0.05) is 6.42 Å². The molecule has 0 radical (unpaired) electrons. The van der Waals surface area contributed by atoms with E-state index in [1.807, 2.05) is 0 Å². The van der Waals surface area contributed by atoms with Gasteiger partial charge in [0.15, 0.2) is 8.32 Å². The highest BCUT2D eigenvalue weighted by atomic mass is 28.4. The van der Waals surface area contributed by atoms with Crippen molar-refractivity contribution in [2.45, 2.75) is 71.2 Å². The van der Waals surface area contributed by atoms with Gasteiger partial charge in [-0.05, 0) is 31.5 Å². The molecule has 0 bridgehead atoms. The Hall–Kier alpha value is -0.683. The second-order valence-electron chi connectivity index (χ2n) is 6.34. The summed E-state index contributed by atoms with van der Waals surface area (Å²) in [5, 5.41) is 8.94. The molecule has 0 amide bonds. The van der Waals surface area contributed by atoms with Crippen LogP contribution >= 0.6 is 0 Å². The van der Waals surface area contributed by atoms with Crippen LogP contribution in [0.2, 0.25) is 18.1 Å². The molecule has 4 nitrogen and oxygen atoms in total. The van der Waals surface area contributed by atoms with E-state index >= 15 is 0 Å². The van der Waals surface area contributed by atoms with E-state index < -0.39 is 14.3 Å². The van der Waals surface area contributed by atoms with Gasteiger partial charge < -0.3 is 14.3 Å². The van der Waals surface area contributed by atoms with Crippen molar-refractivity contribution in [1.82, 2.24) is 0 Å². The van der Waals surface area contributed by atoms with Gasteiger partial charge in [-0.15, -0.1) is 0 Å². The minimum absolute atomic E-state index is 0.0280. The molecule has 18 heavy (non-hydrogen) atoms. The predicted molar refractivity (Wildman–Crippen MR) is 74.2 cm³/mol. The first-order valence-electron chi connectivity index (χ1n) is 6.35. The van der Waals surface area contributed by atoms with Gasteiger partial charge in [0.1, 0.15) is 5.78 Å². The smallest absolute Gasteiger partial charge is 0.305 e. The third-order valence-electron chi connectivity index (χ3n) is 3.49. The Labute approximate surface area is 111 Å². The fourth-order valence-corrected chi connectivity index (χ4v) is 2.74. The molecule has 0 aliphatic heterocycles. The van der Waals surface area contributed by atoms with Crippen molar-refractivity contribution in [2.24, 2.45) is 0 Å². The van der Waals surface area contributed by atoms with Gasteiger partial charge in [-0.3, -0.25) is 4.79 Å². The summed E-state index contributed by atoms with van der Waals surface area (Å²) >= 11 is 0. The highest BCUT2D eigenvalue weighted by Gasteiger charge is 2.39. The van der Waals surface area contributed by atoms with Crippen LogP contribution in [-0.2, 0) is 14.0 Å². The van der Waals surface area contributed by atoms with Crippen molar-refractivity contribution in [3.05, 3.63) is 0 Å². The van der Waals surface area contributed by atoms with E-state index in [0.717, 1.165) is 0 Å². The third-order valence-corrected chi connectivity index (χ3v) is 8.02. The summed E-state index contributed by atoms with van der Waals surface area (Å²) in [6.45, 7) is 12.0. The van der Waals surface area contributed by atoms with Crippen molar-refractivity contribution in [1.29, 1.82) is 0 Å². The second kappa shape index (κ2) is 6.47. The monoisotopic (exact) mass is 274 g/mol. The van der Waals surface area contributed by atoms with E-state index in [1.54, 1.807) is 0 Å². The zero-order valence-electron chi connectivity index (χ0n) is 12.4. The van der Waals surface area contributed by atoms with E-state index in [2.05, 4.69) is 33.9 Å². The molecule has 0 saturated heterocycles. The van der Waals surface area contributed by atoms with Crippen LogP contribution in [-0.4, -0.2) is 31.3 Å². The van der Waals surface area contributed by atoms with Crippen molar-refractivity contribution in [3.63, 3.8) is 0 Å². The highest BCUT2D eigenvalue weighted by molar-refractivity contribution is 6.74. The summed E-state index contributed by atoms with van der Waals surface area (Å²) in [7, 11) is -1.98. The molecule has 0 fully saturated rings. The molecule has 0 saturated carbocycles. The van der Waals surface area contributed by atoms with Crippen LogP contribution in [0, 0.1) is 0 Å². The quantitative estimate of drug-likeness (QED) is 0.724. The molecule has 0 aliphatic carbocycles. The van der Waals surface area contributed by atoms with Crippen molar-refractivity contribution in [2.75, 3.05) is 0 Å². The predicted octanol–water partition coefficient (Wildman–Crippen LogP) is 3.22. The summed E-state index contributed by atoms with van der Waals surface area (Å²) in [6, 6.07) is 0. The molecule has 0 spiro atoms. The first-order chi connectivity index (χ1) is 7.95. The molecular formula is C13H26O4Si. The number of Topliss-reactive ketones (excluding diaryl/α,β-unsaturated/α-hetero) is 1. The summed E-state index contributed by atoms with van der Waals surface area (Å²) < 4.78 is 6.07. The third kappa shape index (κ3) is 6.30. The maximum atomic E-state index is 11.0. The number of aliphatic carboxylic acids is 1. The van der Waals surface area contributed by atoms with Crippen LogP contribution in [0.25, 0.3) is 0 Å². The maximum Gasteiger partial charge on any atom is 0.305 e. The highest BCUT2D eigenvalue weighted by Crippen LogP contribution is 2.38. The second-order valence-corrected chi connectivity index (χ2v) is 11.1. The molecule has 0 aromatic carbocycles. The Kier molecular flexibility index (Phi) is 6.23. The van der Waals surface area contributed by atoms with E-state index in [0.29, 0.717) is 12.8 Å². The van der Waals surface area contributed by atoms with Gasteiger partial charge in [0.05, 0.1) is 12.5 Å². The number of carbonyl (C=O) groups is 2. The average molecular weight is 274 g/mol. The fraction of sp³-hybridized carbons (Fsp3) is 0.846. The number of ketones is 1. The lowest BCUT2D eigenvalue weighted by molar-refractivity contribution is -0.139. The minimum Gasteiger partial charge on any atom is -0.481 e. The zero-order valence-corrected chi connectivity index (χ0v) is 13.4. The largest absolute Gasteiger partial charge is 0.481 e. The molecule has 1 atom stereocenters. The average Bonchev–Trinajstić information content (AvgIpc) is 2.10. The first kappa shape index (κ1) is 17.3. The summed E-state index contributed by atoms with van der Waals surface area (Å²) in [4.78, 5) is 21.8. The van der Waals surface area contributed by atoms with Gasteiger partial charge in [0.25, 0.3) is 0 Å². The molecule has 0 aliphatic rings. The molecule has 0 heterocycles. The van der Waals surface area contributed by atoms with Gasteiger partial charge in [0.2, 0.25) is 0 Å². The number of carboxylic acids is 1. The van der Waals surface area contributed by atoms with Gasteiger partial charge in [-0.25, -0.2) is 0 Å². The van der Waals surface area contributed by atoms with Gasteiger partial charge >= 0.3 is 5.97 Å². The van der Waals surface area contributed by atoms with E-state index in [1.165, 1.54) is 6.92 Å². The SMILES string of the molecule is CC(=O)CCC(CC(=O)O)O[Si](C)(C)C(C)(C)C. The molecule has 0 rings (SSSR count). The lowest BCUT2D eigenvalue weighted by Gasteiger charge is -2.39. The van der Waals surface area contributed by atoms with Crippen LogP contribution in [0.3, 0.4) is 0 Å². The Morgan fingerprint density at radius 3 is 2.11 bits per heavy atom. The molecular weight excluding hydrogens is 248 g/mol. The minimum atomic E-state index is -1.98. The number of carboxylic acid groups (broad SMARTS) is 1. The van der Waals surface area contributed by atoms with Gasteiger partial charge in [-0.2, -0.15) is 0 Å². The van der Waals surface area contributed by atoms with E-state index in [9.17, 15) is 9.59 Å². The van der Waals surface area contributed by atoms with Crippen LogP contribution in [0.4, 0.5) is 0 Å². The van der Waals surface area contributed by atoms with Crippen molar-refractivity contribution in [3.8, 4) is 0 Å². The first-order valence-corrected chi connectivity index (χ1v) is 9.25. The van der Waals surface area contributed by atoms with Crippen LogP contribution < -0.4 is 0 Å². The fourth-order valence-electron chi connectivity index (χ4n) is 1.36. The molecule has 106 valence electrons. The number of rotatable bonds is 7. The van der Waals surface area contributed by atoms with Gasteiger partial charge in [-0.1, -0.05) is 20.8 Å². The molecule has 1 N–H and O–H groups in total. The normalized spacial score (nSPS) is 14.3. The van der Waals surface area contributed by atoms with Crippen LogP contribution in [0.5, 0.6) is 0 Å². The number of carbonyl (C=O) groups excluding carboxylic acids is 1. The summed E-state index contributed by atoms with van der Waals surface area (Å²) in [6.07, 6.45) is 0.493. The summed E-state index contributed by atoms with van der Waals surface area (Å²) in [5.74, 6) is -0.800. The molecule has 0 aromatic rings. The molecule has 1 unspecified atom stereocenters. The van der Waals surface area contributed by atoms with E-state index in [-0.39, 0.29) is 23.3 Å². The molecule has 5 heteroatoms. The Morgan fingerprint density at radius 1 is 1.28 bits per heavy atom. The van der Waals surface area contributed by atoms with Crippen molar-refractivity contribution >= 4 is 20.1 Å². The van der Waals surface area contributed by atoms with Crippen molar-refractivity contribution < 1.29 is 19.1 Å². The Balaban J connectivity index is 4.67. The standard InChI is InChI=1S/C13H26O4Si/c1-10(14)7-8-11(9-12(15)16)17-18(5,6)13(2,3)4/h11H,7-9H2,1-6H3,(H,15,16). The maximum absolute atomic E-state index is 11.0. The Morgan fingerprint density at radius 2 is 1.78 bits per heavy atom. The summed E-state index contributed by atoms with van der Waals surface area (Å²) in [5.41, 5.74) is 0. The van der Waals surface area contributed by atoms with Crippen LogP contribution in [0.15, 0.2) is 0 Å². The van der Waals surface area contributed by atoms with Crippen LogP contribution in [0.1, 0.15) is 47.0 Å². The lowest BCUT2D eigenvalue weighted by atomic mass is 10.1. The molecule has 0 aromatic heterocycles. The topological polar surface area (TPSA) is 63.6 Å². The van der Waals surface area contributed by atoms with E-state index in [4.69, 9.17) is 9.53 Å².